The average Bonchev–Trinajstić information content (AvgIpc) is 3.32. The number of likely N-dealkylation sites (tertiary alicyclic amines) is 1. The van der Waals surface area contributed by atoms with Gasteiger partial charge in [0.05, 0.1) is 0 Å². The van der Waals surface area contributed by atoms with E-state index in [4.69, 9.17) is 4.52 Å². The predicted octanol–water partition coefficient (Wildman–Crippen LogP) is 4.07. The molecule has 1 N–H and O–H groups in total. The summed E-state index contributed by atoms with van der Waals surface area (Å²) in [6.07, 6.45) is 0.986. The summed E-state index contributed by atoms with van der Waals surface area (Å²) in [6.45, 7) is 3.24. The third kappa shape index (κ3) is 3.44. The molecule has 0 saturated carbocycles. The number of urea groups is 1. The molecule has 6 heteroatoms. The van der Waals surface area contributed by atoms with Gasteiger partial charge in [-0.2, -0.15) is 4.98 Å². The number of rotatable bonds is 3. The molecule has 132 valence electrons. The van der Waals surface area contributed by atoms with Crippen molar-refractivity contribution in [3.8, 4) is 11.4 Å². The highest BCUT2D eigenvalue weighted by Crippen LogP contribution is 2.27. The second-order valence-corrected chi connectivity index (χ2v) is 6.49. The Bertz CT molecular complexity index is 907. The van der Waals surface area contributed by atoms with Crippen LogP contribution in [0.1, 0.15) is 23.8 Å². The van der Waals surface area contributed by atoms with E-state index in [9.17, 15) is 4.79 Å². The Balaban J connectivity index is 1.42. The standard InChI is InChI=1S/C20H20N4O2/c1-14-21-19(23-26-14)16-8-5-9-18(12-16)22-20(25)24-11-10-17(13-24)15-6-3-2-4-7-15/h2-9,12,17H,10-11,13H2,1H3,(H,22,25). The van der Waals surface area contributed by atoms with E-state index in [1.807, 2.05) is 47.4 Å². The summed E-state index contributed by atoms with van der Waals surface area (Å²) in [5, 5.41) is 6.89. The Kier molecular flexibility index (Phi) is 4.39. The third-order valence-corrected chi connectivity index (χ3v) is 4.65. The van der Waals surface area contributed by atoms with Gasteiger partial charge in [0, 0.05) is 37.2 Å². The third-order valence-electron chi connectivity index (χ3n) is 4.65. The summed E-state index contributed by atoms with van der Waals surface area (Å²) < 4.78 is 5.02. The lowest BCUT2D eigenvalue weighted by Crippen LogP contribution is -2.32. The van der Waals surface area contributed by atoms with Crippen molar-refractivity contribution in [2.75, 3.05) is 18.4 Å². The maximum atomic E-state index is 12.6. The normalized spacial score (nSPS) is 16.7. The fraction of sp³-hybridized carbons (Fsp3) is 0.250. The van der Waals surface area contributed by atoms with Crippen LogP contribution in [-0.2, 0) is 0 Å². The molecule has 0 spiro atoms. The lowest BCUT2D eigenvalue weighted by atomic mass is 9.99. The molecule has 2 aromatic carbocycles. The first-order chi connectivity index (χ1) is 12.7. The van der Waals surface area contributed by atoms with Crippen molar-refractivity contribution >= 4 is 11.7 Å². The number of hydrogen-bond donors (Lipinski definition) is 1. The van der Waals surface area contributed by atoms with Crippen LogP contribution in [-0.4, -0.2) is 34.2 Å². The summed E-state index contributed by atoms with van der Waals surface area (Å²) in [6, 6.07) is 17.8. The van der Waals surface area contributed by atoms with Crippen molar-refractivity contribution in [2.24, 2.45) is 0 Å². The molecule has 2 amide bonds. The Morgan fingerprint density at radius 1 is 1.19 bits per heavy atom. The quantitative estimate of drug-likeness (QED) is 0.774. The first-order valence-electron chi connectivity index (χ1n) is 8.70. The maximum Gasteiger partial charge on any atom is 0.321 e. The molecular weight excluding hydrogens is 328 g/mol. The lowest BCUT2D eigenvalue weighted by molar-refractivity contribution is 0.222. The number of carbonyl (C=O) groups excluding carboxylic acids is 1. The predicted molar refractivity (Wildman–Crippen MR) is 98.9 cm³/mol. The number of nitrogens with zero attached hydrogens (tertiary/aromatic N) is 3. The zero-order chi connectivity index (χ0) is 17.9. The van der Waals surface area contributed by atoms with Crippen LogP contribution < -0.4 is 5.32 Å². The number of nitrogens with one attached hydrogen (secondary N) is 1. The van der Waals surface area contributed by atoms with E-state index in [1.165, 1.54) is 5.56 Å². The molecule has 0 radical (unpaired) electrons. The van der Waals surface area contributed by atoms with Gasteiger partial charge < -0.3 is 14.7 Å². The Hall–Kier alpha value is -3.15. The molecule has 6 nitrogen and oxygen atoms in total. The maximum absolute atomic E-state index is 12.6. The minimum atomic E-state index is -0.0788. The molecule has 0 aliphatic carbocycles. The van der Waals surface area contributed by atoms with Gasteiger partial charge in [-0.25, -0.2) is 4.79 Å². The van der Waals surface area contributed by atoms with Crippen LogP contribution in [0.15, 0.2) is 59.1 Å². The monoisotopic (exact) mass is 348 g/mol. The van der Waals surface area contributed by atoms with Crippen molar-refractivity contribution in [3.63, 3.8) is 0 Å². The van der Waals surface area contributed by atoms with E-state index < -0.39 is 0 Å². The van der Waals surface area contributed by atoms with Gasteiger partial charge >= 0.3 is 6.03 Å². The fourth-order valence-electron chi connectivity index (χ4n) is 3.30. The Morgan fingerprint density at radius 3 is 2.81 bits per heavy atom. The number of aromatic nitrogens is 2. The fourth-order valence-corrected chi connectivity index (χ4v) is 3.30. The smallest absolute Gasteiger partial charge is 0.321 e. The largest absolute Gasteiger partial charge is 0.339 e. The van der Waals surface area contributed by atoms with Crippen molar-refractivity contribution in [2.45, 2.75) is 19.3 Å². The molecule has 1 fully saturated rings. The Labute approximate surface area is 151 Å². The van der Waals surface area contributed by atoms with Crippen molar-refractivity contribution in [1.29, 1.82) is 0 Å². The molecule has 1 saturated heterocycles. The van der Waals surface area contributed by atoms with E-state index in [2.05, 4.69) is 27.6 Å². The molecule has 0 bridgehead atoms. The topological polar surface area (TPSA) is 71.3 Å². The van der Waals surface area contributed by atoms with Crippen LogP contribution in [0, 0.1) is 6.92 Å². The second kappa shape index (κ2) is 7.00. The Morgan fingerprint density at radius 2 is 2.04 bits per heavy atom. The SMILES string of the molecule is Cc1nc(-c2cccc(NC(=O)N3CCC(c4ccccc4)C3)c2)no1. The molecule has 2 heterocycles. The van der Waals surface area contributed by atoms with Gasteiger partial charge in [0.15, 0.2) is 0 Å². The van der Waals surface area contributed by atoms with E-state index >= 15 is 0 Å². The lowest BCUT2D eigenvalue weighted by Gasteiger charge is -2.18. The van der Waals surface area contributed by atoms with Crippen molar-refractivity contribution < 1.29 is 9.32 Å². The highest BCUT2D eigenvalue weighted by Gasteiger charge is 2.27. The van der Waals surface area contributed by atoms with E-state index in [1.54, 1.807) is 6.92 Å². The second-order valence-electron chi connectivity index (χ2n) is 6.49. The van der Waals surface area contributed by atoms with Crippen molar-refractivity contribution in [1.82, 2.24) is 15.0 Å². The van der Waals surface area contributed by atoms with Crippen LogP contribution in [0.25, 0.3) is 11.4 Å². The van der Waals surface area contributed by atoms with Crippen LogP contribution >= 0.6 is 0 Å². The zero-order valence-electron chi connectivity index (χ0n) is 14.6. The molecule has 1 aliphatic heterocycles. The van der Waals surface area contributed by atoms with Crippen LogP contribution in [0.3, 0.4) is 0 Å². The highest BCUT2D eigenvalue weighted by atomic mass is 16.5. The number of aryl methyl sites for hydroxylation is 1. The number of benzene rings is 2. The number of carbonyl (C=O) groups is 1. The average molecular weight is 348 g/mol. The molecule has 4 rings (SSSR count). The van der Waals surface area contributed by atoms with E-state index in [0.717, 1.165) is 30.8 Å². The molecule has 3 aromatic rings. The van der Waals surface area contributed by atoms with E-state index in [-0.39, 0.29) is 6.03 Å². The van der Waals surface area contributed by atoms with Gasteiger partial charge in [-0.1, -0.05) is 47.6 Å². The van der Waals surface area contributed by atoms with Gasteiger partial charge in [0.2, 0.25) is 11.7 Å². The summed E-state index contributed by atoms with van der Waals surface area (Å²) in [7, 11) is 0. The van der Waals surface area contributed by atoms with Gasteiger partial charge in [-0.3, -0.25) is 0 Å². The summed E-state index contributed by atoms with van der Waals surface area (Å²) in [5.74, 6) is 1.43. The summed E-state index contributed by atoms with van der Waals surface area (Å²) >= 11 is 0. The molecule has 1 unspecified atom stereocenters. The van der Waals surface area contributed by atoms with Gasteiger partial charge in [0.1, 0.15) is 0 Å². The highest BCUT2D eigenvalue weighted by molar-refractivity contribution is 5.90. The summed E-state index contributed by atoms with van der Waals surface area (Å²) in [5.41, 5.74) is 2.82. The number of hydrogen-bond acceptors (Lipinski definition) is 4. The van der Waals surface area contributed by atoms with Crippen LogP contribution in [0.5, 0.6) is 0 Å². The first kappa shape index (κ1) is 16.3. The number of anilines is 1. The van der Waals surface area contributed by atoms with E-state index in [0.29, 0.717) is 17.6 Å². The first-order valence-corrected chi connectivity index (χ1v) is 8.70. The zero-order valence-corrected chi connectivity index (χ0v) is 14.6. The molecular formula is C20H20N4O2. The van der Waals surface area contributed by atoms with Crippen molar-refractivity contribution in [3.05, 3.63) is 66.1 Å². The number of amides is 2. The molecule has 1 aromatic heterocycles. The van der Waals surface area contributed by atoms with Crippen LogP contribution in [0.4, 0.5) is 10.5 Å². The molecule has 26 heavy (non-hydrogen) atoms. The van der Waals surface area contributed by atoms with Gasteiger partial charge in [-0.05, 0) is 24.1 Å². The molecule has 1 aliphatic rings. The van der Waals surface area contributed by atoms with Crippen LogP contribution in [0.2, 0.25) is 0 Å². The van der Waals surface area contributed by atoms with Gasteiger partial charge in [-0.15, -0.1) is 0 Å². The minimum absolute atomic E-state index is 0.0788. The minimum Gasteiger partial charge on any atom is -0.339 e. The summed E-state index contributed by atoms with van der Waals surface area (Å²) in [4.78, 5) is 18.7. The van der Waals surface area contributed by atoms with Gasteiger partial charge in [0.25, 0.3) is 0 Å². The molecule has 1 atom stereocenters.